The second-order valence-electron chi connectivity index (χ2n) is 9.51. The van der Waals surface area contributed by atoms with Gasteiger partial charge in [0.15, 0.2) is 9.84 Å². The van der Waals surface area contributed by atoms with Crippen molar-refractivity contribution < 1.29 is 27.5 Å². The minimum Gasteiger partial charge on any atom is -0.462 e. The van der Waals surface area contributed by atoms with Crippen LogP contribution in [-0.2, 0) is 31.6 Å². The summed E-state index contributed by atoms with van der Waals surface area (Å²) in [6, 6.07) is 23.1. The van der Waals surface area contributed by atoms with Gasteiger partial charge in [-0.15, -0.1) is 0 Å². The van der Waals surface area contributed by atoms with Crippen molar-refractivity contribution in [1.29, 1.82) is 0 Å². The maximum atomic E-state index is 13.4. The molecule has 0 radical (unpaired) electrons. The van der Waals surface area contributed by atoms with Crippen molar-refractivity contribution in [3.63, 3.8) is 0 Å². The van der Waals surface area contributed by atoms with Crippen LogP contribution in [-0.4, -0.2) is 43.1 Å². The number of hydrogen-bond donors (Lipinski definition) is 0. The Labute approximate surface area is 252 Å². The lowest BCUT2D eigenvalue weighted by Gasteiger charge is -2.14. The summed E-state index contributed by atoms with van der Waals surface area (Å²) in [5.74, 6) is -1.79. The predicted octanol–water partition coefficient (Wildman–Crippen LogP) is 5.50. The lowest BCUT2D eigenvalue weighted by molar-refractivity contribution is 0.0515. The molecule has 0 bridgehead atoms. The smallest absolute Gasteiger partial charge is 0.343 e. The third kappa shape index (κ3) is 6.42. The number of sulfone groups is 1. The molecule has 0 saturated carbocycles. The average Bonchev–Trinajstić information content (AvgIpc) is 3.43. The topological polar surface area (TPSA) is 122 Å². The summed E-state index contributed by atoms with van der Waals surface area (Å²) in [4.78, 5) is 42.9. The van der Waals surface area contributed by atoms with Crippen molar-refractivity contribution in [3.8, 4) is 11.1 Å². The summed E-state index contributed by atoms with van der Waals surface area (Å²) in [6.07, 6.45) is 1.45. The number of carbonyl (C=O) groups excluding carboxylic acids is 2. The van der Waals surface area contributed by atoms with Gasteiger partial charge in [-0.1, -0.05) is 65.9 Å². The fourth-order valence-corrected chi connectivity index (χ4v) is 7.27. The molecule has 0 atom stereocenters. The lowest BCUT2D eigenvalue weighted by atomic mass is 9.99. The molecule has 5 rings (SSSR count). The first-order chi connectivity index (χ1) is 20.7. The van der Waals surface area contributed by atoms with E-state index in [9.17, 15) is 22.8 Å². The van der Waals surface area contributed by atoms with Crippen LogP contribution in [0.2, 0.25) is 0 Å². The molecule has 0 amide bonds. The van der Waals surface area contributed by atoms with Crippen molar-refractivity contribution in [3.05, 3.63) is 117 Å². The number of pyridine rings is 1. The molecule has 3 aromatic carbocycles. The molecular formula is C32H28N2O7S2. The molecule has 0 unspecified atom stereocenters. The molecular weight excluding hydrogens is 588 g/mol. The number of nitrogens with zero attached hydrogens (tertiary/aromatic N) is 2. The van der Waals surface area contributed by atoms with Gasteiger partial charge < -0.3 is 14.0 Å². The standard InChI is InChI=1S/C32H28N2O7S2/c1-3-40-31(36)22-14-16-24(17-15-22)43(38,39)20-27-33-28-29(35)26(32(37)41-4-2)19-34(30(28)42-27)18-23-12-8-9-13-25(23)21-10-6-5-7-11-21/h5-17,19H,3-4,18,20H2,1-2H3. The Kier molecular flexibility index (Phi) is 8.84. The molecule has 220 valence electrons. The van der Waals surface area contributed by atoms with Crippen LogP contribution in [0.1, 0.15) is 45.1 Å². The monoisotopic (exact) mass is 616 g/mol. The molecule has 2 aromatic heterocycles. The first-order valence-electron chi connectivity index (χ1n) is 13.5. The fourth-order valence-electron chi connectivity index (χ4n) is 4.63. The molecule has 0 fully saturated rings. The van der Waals surface area contributed by atoms with Crippen molar-refractivity contribution in [2.24, 2.45) is 0 Å². The van der Waals surface area contributed by atoms with Gasteiger partial charge in [-0.05, 0) is 54.8 Å². The molecule has 43 heavy (non-hydrogen) atoms. The number of carbonyl (C=O) groups is 2. The Hall–Kier alpha value is -4.61. The molecule has 11 heteroatoms. The van der Waals surface area contributed by atoms with Gasteiger partial charge in [-0.25, -0.2) is 23.0 Å². The second-order valence-corrected chi connectivity index (χ2v) is 12.6. The van der Waals surface area contributed by atoms with E-state index in [1.807, 2.05) is 54.6 Å². The van der Waals surface area contributed by atoms with Gasteiger partial charge in [0.05, 0.1) is 23.7 Å². The van der Waals surface area contributed by atoms with Crippen LogP contribution in [0.4, 0.5) is 0 Å². The van der Waals surface area contributed by atoms with E-state index >= 15 is 0 Å². The van der Waals surface area contributed by atoms with Crippen LogP contribution in [0.3, 0.4) is 0 Å². The molecule has 9 nitrogen and oxygen atoms in total. The SMILES string of the molecule is CCOC(=O)c1ccc(S(=O)(=O)Cc2nc3c(=O)c(C(=O)OCC)cn(Cc4ccccc4-c4ccccc4)c3s2)cc1. The summed E-state index contributed by atoms with van der Waals surface area (Å²) in [7, 11) is -3.89. The number of benzene rings is 3. The van der Waals surface area contributed by atoms with Crippen molar-refractivity contribution in [2.45, 2.75) is 31.0 Å². The second kappa shape index (κ2) is 12.7. The van der Waals surface area contributed by atoms with Gasteiger partial charge in [0.2, 0.25) is 5.43 Å². The molecule has 5 aromatic rings. The van der Waals surface area contributed by atoms with E-state index < -0.39 is 33.0 Å². The van der Waals surface area contributed by atoms with E-state index in [4.69, 9.17) is 9.47 Å². The molecule has 0 aliphatic carbocycles. The van der Waals surface area contributed by atoms with Gasteiger partial charge in [-0.3, -0.25) is 4.79 Å². The van der Waals surface area contributed by atoms with Crippen LogP contribution in [0.15, 0.2) is 94.7 Å². The first kappa shape index (κ1) is 29.9. The zero-order valence-electron chi connectivity index (χ0n) is 23.5. The molecule has 0 aliphatic rings. The number of hydrogen-bond acceptors (Lipinski definition) is 9. The van der Waals surface area contributed by atoms with Crippen molar-refractivity contribution in [2.75, 3.05) is 13.2 Å². The van der Waals surface area contributed by atoms with Crippen LogP contribution < -0.4 is 5.43 Å². The van der Waals surface area contributed by atoms with Crippen molar-refractivity contribution in [1.82, 2.24) is 9.55 Å². The summed E-state index contributed by atoms with van der Waals surface area (Å²) in [6.45, 7) is 3.91. The number of rotatable bonds is 10. The fraction of sp³-hybridized carbons (Fsp3) is 0.188. The third-order valence-electron chi connectivity index (χ3n) is 6.64. The Morgan fingerprint density at radius 1 is 0.860 bits per heavy atom. The summed E-state index contributed by atoms with van der Waals surface area (Å²) < 4.78 is 38.4. The molecule has 2 heterocycles. The van der Waals surface area contributed by atoms with Crippen LogP contribution in [0.5, 0.6) is 0 Å². The Morgan fingerprint density at radius 3 is 2.21 bits per heavy atom. The summed E-state index contributed by atoms with van der Waals surface area (Å²) in [5.41, 5.74) is 2.34. The van der Waals surface area contributed by atoms with E-state index in [2.05, 4.69) is 4.98 Å². The van der Waals surface area contributed by atoms with Gasteiger partial charge >= 0.3 is 11.9 Å². The highest BCUT2D eigenvalue weighted by molar-refractivity contribution is 7.90. The Morgan fingerprint density at radius 2 is 1.51 bits per heavy atom. The number of ether oxygens (including phenoxy) is 2. The summed E-state index contributed by atoms with van der Waals surface area (Å²) in [5, 5.41) is 0.188. The van der Waals surface area contributed by atoms with E-state index in [1.165, 1.54) is 30.5 Å². The predicted molar refractivity (Wildman–Crippen MR) is 164 cm³/mol. The van der Waals surface area contributed by atoms with Crippen LogP contribution in [0.25, 0.3) is 21.5 Å². The maximum Gasteiger partial charge on any atom is 0.343 e. The average molecular weight is 617 g/mol. The third-order valence-corrected chi connectivity index (χ3v) is 9.55. The molecule has 0 saturated heterocycles. The Balaban J connectivity index is 1.56. The largest absolute Gasteiger partial charge is 0.462 e. The van der Waals surface area contributed by atoms with Gasteiger partial charge in [0, 0.05) is 12.7 Å². The van der Waals surface area contributed by atoms with Gasteiger partial charge in [-0.2, -0.15) is 0 Å². The normalized spacial score (nSPS) is 11.4. The molecule has 0 N–H and O–H groups in total. The maximum absolute atomic E-state index is 13.4. The van der Waals surface area contributed by atoms with E-state index in [1.54, 1.807) is 18.4 Å². The molecule has 0 spiro atoms. The van der Waals surface area contributed by atoms with Crippen LogP contribution in [0, 0.1) is 0 Å². The van der Waals surface area contributed by atoms with E-state index in [0.29, 0.717) is 4.83 Å². The molecule has 0 aliphatic heterocycles. The van der Waals surface area contributed by atoms with Crippen LogP contribution >= 0.6 is 11.3 Å². The first-order valence-corrected chi connectivity index (χ1v) is 16.0. The quantitative estimate of drug-likeness (QED) is 0.189. The highest BCUT2D eigenvalue weighted by atomic mass is 32.2. The minimum absolute atomic E-state index is 0.000899. The zero-order valence-corrected chi connectivity index (χ0v) is 25.1. The minimum atomic E-state index is -3.89. The summed E-state index contributed by atoms with van der Waals surface area (Å²) >= 11 is 1.08. The zero-order chi connectivity index (χ0) is 30.6. The number of aromatic nitrogens is 2. The Bertz CT molecular complexity index is 1960. The number of thiazole rings is 1. The van der Waals surface area contributed by atoms with Gasteiger partial charge in [0.25, 0.3) is 0 Å². The lowest BCUT2D eigenvalue weighted by Crippen LogP contribution is -2.21. The highest BCUT2D eigenvalue weighted by Crippen LogP contribution is 2.29. The van der Waals surface area contributed by atoms with E-state index in [-0.39, 0.29) is 46.3 Å². The van der Waals surface area contributed by atoms with Gasteiger partial charge in [0.1, 0.15) is 26.7 Å². The van der Waals surface area contributed by atoms with E-state index in [0.717, 1.165) is 28.0 Å². The van der Waals surface area contributed by atoms with Crippen molar-refractivity contribution >= 4 is 43.5 Å². The highest BCUT2D eigenvalue weighted by Gasteiger charge is 2.24. The number of esters is 2. The number of fused-ring (bicyclic) bond motifs is 1.